The lowest BCUT2D eigenvalue weighted by atomic mass is 9.96. The summed E-state index contributed by atoms with van der Waals surface area (Å²) in [6.07, 6.45) is 4.10. The first-order valence-corrected chi connectivity index (χ1v) is 15.0. The standard InChI is InChI=1S/C29H26Cl2F2N2O4S/c1-17(13-18-5-3-6-20(14-18)40(2,38)39)34-29(37)27-23(30)15-19-16-35(12-11-21(19)28(27)31)26(36)10-9-22-24(32)7-4-8-25(22)33/h3-10,14-15,17H,11-13,16H2,1-2H3,(H,34,37)/b10-9+. The number of carbonyl (C=O) groups is 2. The van der Waals surface area contributed by atoms with Gasteiger partial charge in [-0.25, -0.2) is 17.2 Å². The summed E-state index contributed by atoms with van der Waals surface area (Å²) in [5.41, 5.74) is 1.93. The Kier molecular flexibility index (Phi) is 8.97. The van der Waals surface area contributed by atoms with Gasteiger partial charge in [-0.3, -0.25) is 9.59 Å². The Hall–Kier alpha value is -3.27. The largest absolute Gasteiger partial charge is 0.349 e. The fourth-order valence-corrected chi connectivity index (χ4v) is 6.04. The van der Waals surface area contributed by atoms with Crippen molar-refractivity contribution in [1.29, 1.82) is 0 Å². The van der Waals surface area contributed by atoms with E-state index in [1.54, 1.807) is 31.2 Å². The molecule has 0 radical (unpaired) electrons. The zero-order chi connectivity index (χ0) is 29.2. The summed E-state index contributed by atoms with van der Waals surface area (Å²) in [7, 11) is -3.36. The molecule has 2 amide bonds. The summed E-state index contributed by atoms with van der Waals surface area (Å²) in [4.78, 5) is 27.6. The second-order valence-electron chi connectivity index (χ2n) is 9.66. The normalized spacial score (nSPS) is 14.2. The minimum Gasteiger partial charge on any atom is -0.349 e. The van der Waals surface area contributed by atoms with Crippen molar-refractivity contribution < 1.29 is 26.8 Å². The molecule has 1 N–H and O–H groups in total. The van der Waals surface area contributed by atoms with Gasteiger partial charge in [-0.2, -0.15) is 0 Å². The van der Waals surface area contributed by atoms with E-state index < -0.39 is 33.3 Å². The predicted molar refractivity (Wildman–Crippen MR) is 151 cm³/mol. The maximum absolute atomic E-state index is 13.9. The third-order valence-corrected chi connectivity index (χ3v) is 8.41. The third kappa shape index (κ3) is 6.71. The SMILES string of the molecule is CC(Cc1cccc(S(C)(=O)=O)c1)NC(=O)c1c(Cl)cc2c(c1Cl)CCN(C(=O)/C=C/c1c(F)cccc1F)C2. The zero-order valence-corrected chi connectivity index (χ0v) is 24.0. The predicted octanol–water partition coefficient (Wildman–Crippen LogP) is 5.63. The van der Waals surface area contributed by atoms with E-state index >= 15 is 0 Å². The lowest BCUT2D eigenvalue weighted by Crippen LogP contribution is -2.36. The first-order chi connectivity index (χ1) is 18.8. The molecule has 0 fully saturated rings. The molecule has 11 heteroatoms. The number of amides is 2. The van der Waals surface area contributed by atoms with Gasteiger partial charge in [-0.05, 0) is 72.9 Å². The van der Waals surface area contributed by atoms with Crippen LogP contribution in [0.5, 0.6) is 0 Å². The van der Waals surface area contributed by atoms with Gasteiger partial charge < -0.3 is 10.2 Å². The second-order valence-corrected chi connectivity index (χ2v) is 12.5. The van der Waals surface area contributed by atoms with Crippen molar-refractivity contribution in [1.82, 2.24) is 10.2 Å². The maximum atomic E-state index is 13.9. The van der Waals surface area contributed by atoms with E-state index in [4.69, 9.17) is 23.2 Å². The molecule has 0 saturated heterocycles. The Labute approximate surface area is 241 Å². The Bertz CT molecular complexity index is 1610. The smallest absolute Gasteiger partial charge is 0.254 e. The van der Waals surface area contributed by atoms with E-state index in [2.05, 4.69) is 5.32 Å². The number of benzene rings is 3. The molecular formula is C29H26Cl2F2N2O4S. The first-order valence-electron chi connectivity index (χ1n) is 12.4. The summed E-state index contributed by atoms with van der Waals surface area (Å²) in [5.74, 6) is -2.45. The Morgan fingerprint density at radius 1 is 1.10 bits per heavy atom. The molecule has 0 aliphatic carbocycles. The van der Waals surface area contributed by atoms with Gasteiger partial charge in [0.05, 0.1) is 20.5 Å². The lowest BCUT2D eigenvalue weighted by Gasteiger charge is -2.29. The zero-order valence-electron chi connectivity index (χ0n) is 21.7. The van der Waals surface area contributed by atoms with E-state index in [-0.39, 0.29) is 45.2 Å². The fraction of sp³-hybridized carbons (Fsp3) is 0.241. The highest BCUT2D eigenvalue weighted by molar-refractivity contribution is 7.90. The molecule has 0 spiro atoms. The van der Waals surface area contributed by atoms with E-state index in [9.17, 15) is 26.8 Å². The van der Waals surface area contributed by atoms with Gasteiger partial charge in [0.1, 0.15) is 11.6 Å². The highest BCUT2D eigenvalue weighted by Gasteiger charge is 2.27. The van der Waals surface area contributed by atoms with Crippen LogP contribution in [-0.2, 0) is 34.0 Å². The van der Waals surface area contributed by atoms with Crippen LogP contribution >= 0.6 is 23.2 Å². The van der Waals surface area contributed by atoms with Crippen LogP contribution in [0.4, 0.5) is 8.78 Å². The van der Waals surface area contributed by atoms with Crippen LogP contribution in [0.3, 0.4) is 0 Å². The molecule has 0 saturated carbocycles. The molecule has 3 aromatic carbocycles. The minimum atomic E-state index is -3.36. The van der Waals surface area contributed by atoms with Gasteiger partial charge >= 0.3 is 0 Å². The van der Waals surface area contributed by atoms with Crippen LogP contribution < -0.4 is 5.32 Å². The number of nitrogens with one attached hydrogen (secondary N) is 1. The van der Waals surface area contributed by atoms with Crippen LogP contribution in [0, 0.1) is 11.6 Å². The van der Waals surface area contributed by atoms with Crippen molar-refractivity contribution in [2.24, 2.45) is 0 Å². The third-order valence-electron chi connectivity index (χ3n) is 6.58. The summed E-state index contributed by atoms with van der Waals surface area (Å²) >= 11 is 13.1. The second kappa shape index (κ2) is 12.1. The number of sulfone groups is 1. The number of fused-ring (bicyclic) bond motifs is 1. The summed E-state index contributed by atoms with van der Waals surface area (Å²) in [6.45, 7) is 2.23. The molecule has 210 valence electrons. The van der Waals surface area contributed by atoms with Crippen LogP contribution in [0.15, 0.2) is 59.5 Å². The van der Waals surface area contributed by atoms with E-state index in [1.165, 1.54) is 17.0 Å². The van der Waals surface area contributed by atoms with Crippen molar-refractivity contribution in [2.45, 2.75) is 37.2 Å². The number of hydrogen-bond acceptors (Lipinski definition) is 4. The highest BCUT2D eigenvalue weighted by Crippen LogP contribution is 2.35. The van der Waals surface area contributed by atoms with Crippen molar-refractivity contribution in [2.75, 3.05) is 12.8 Å². The summed E-state index contributed by atoms with van der Waals surface area (Å²) < 4.78 is 51.5. The van der Waals surface area contributed by atoms with Gasteiger partial charge in [-0.15, -0.1) is 0 Å². The average Bonchev–Trinajstić information content (AvgIpc) is 2.87. The Morgan fingerprint density at radius 2 is 1.77 bits per heavy atom. The lowest BCUT2D eigenvalue weighted by molar-refractivity contribution is -0.126. The van der Waals surface area contributed by atoms with Gasteiger partial charge in [0.2, 0.25) is 5.91 Å². The molecule has 1 atom stereocenters. The van der Waals surface area contributed by atoms with Crippen LogP contribution in [0.25, 0.3) is 6.08 Å². The number of rotatable bonds is 7. The molecular weight excluding hydrogens is 581 g/mol. The number of halogens is 4. The molecule has 1 heterocycles. The van der Waals surface area contributed by atoms with Gasteiger partial charge in [0.25, 0.3) is 5.91 Å². The molecule has 0 aromatic heterocycles. The van der Waals surface area contributed by atoms with Gasteiger partial charge in [0, 0.05) is 37.0 Å². The maximum Gasteiger partial charge on any atom is 0.254 e. The molecule has 1 aliphatic rings. The molecule has 40 heavy (non-hydrogen) atoms. The van der Waals surface area contributed by atoms with Crippen molar-refractivity contribution in [3.05, 3.63) is 104 Å². The monoisotopic (exact) mass is 606 g/mol. The van der Waals surface area contributed by atoms with Crippen molar-refractivity contribution in [3.8, 4) is 0 Å². The molecule has 1 unspecified atom stereocenters. The number of hydrogen-bond donors (Lipinski definition) is 1. The van der Waals surface area contributed by atoms with E-state index in [1.807, 2.05) is 0 Å². The van der Waals surface area contributed by atoms with Crippen LogP contribution in [-0.4, -0.2) is 44.0 Å². The van der Waals surface area contributed by atoms with Crippen molar-refractivity contribution in [3.63, 3.8) is 0 Å². The highest BCUT2D eigenvalue weighted by atomic mass is 35.5. The molecule has 3 aromatic rings. The quantitative estimate of drug-likeness (QED) is 0.353. The van der Waals surface area contributed by atoms with Crippen LogP contribution in [0.1, 0.15) is 39.5 Å². The summed E-state index contributed by atoms with van der Waals surface area (Å²) in [5, 5.41) is 3.18. The Morgan fingerprint density at radius 3 is 2.45 bits per heavy atom. The molecule has 0 bridgehead atoms. The number of carbonyl (C=O) groups excluding carboxylic acids is 2. The minimum absolute atomic E-state index is 0.116. The van der Waals surface area contributed by atoms with Gasteiger partial charge in [-0.1, -0.05) is 41.4 Å². The van der Waals surface area contributed by atoms with E-state index in [0.29, 0.717) is 24.0 Å². The molecule has 4 rings (SSSR count). The molecule has 1 aliphatic heterocycles. The van der Waals surface area contributed by atoms with Crippen LogP contribution in [0.2, 0.25) is 10.0 Å². The average molecular weight is 608 g/mol. The topological polar surface area (TPSA) is 83.6 Å². The first kappa shape index (κ1) is 29.7. The number of nitrogens with zero attached hydrogens (tertiary/aromatic N) is 1. The van der Waals surface area contributed by atoms with E-state index in [0.717, 1.165) is 36.1 Å². The Balaban J connectivity index is 1.46. The fourth-order valence-electron chi connectivity index (χ4n) is 4.58. The van der Waals surface area contributed by atoms with Crippen molar-refractivity contribution >= 4 is 50.9 Å². The van der Waals surface area contributed by atoms with Gasteiger partial charge in [0.15, 0.2) is 9.84 Å². The molecule has 6 nitrogen and oxygen atoms in total. The summed E-state index contributed by atoms with van der Waals surface area (Å²) in [6, 6.07) is 11.2.